The summed E-state index contributed by atoms with van der Waals surface area (Å²) >= 11 is 0. The first-order chi connectivity index (χ1) is 11.7. The number of hydrogen-bond donors (Lipinski definition) is 2. The number of aryl methyl sites for hydroxylation is 1. The molecule has 6 heteroatoms. The van der Waals surface area contributed by atoms with Crippen molar-refractivity contribution in [3.05, 3.63) is 53.5 Å². The van der Waals surface area contributed by atoms with Gasteiger partial charge in [-0.25, -0.2) is 9.97 Å². The molecule has 0 radical (unpaired) electrons. The van der Waals surface area contributed by atoms with Gasteiger partial charge in [-0.3, -0.25) is 0 Å². The van der Waals surface area contributed by atoms with Crippen molar-refractivity contribution in [2.45, 2.75) is 32.2 Å². The highest BCUT2D eigenvalue weighted by molar-refractivity contribution is 5.64. The number of phenolic OH excluding ortho intramolecular Hbond substituents is 1. The number of hydrogen-bond acceptors (Lipinski definition) is 6. The maximum absolute atomic E-state index is 9.99. The largest absolute Gasteiger partial charge is 0.507 e. The first-order valence-electron chi connectivity index (χ1n) is 8.02. The summed E-state index contributed by atoms with van der Waals surface area (Å²) in [6.45, 7) is 2.44. The van der Waals surface area contributed by atoms with E-state index < -0.39 is 0 Å². The molecule has 0 aliphatic heterocycles. The third-order valence-corrected chi connectivity index (χ3v) is 4.01. The Kier molecular flexibility index (Phi) is 3.65. The van der Waals surface area contributed by atoms with Crippen LogP contribution in [-0.4, -0.2) is 20.2 Å². The molecule has 0 unspecified atom stereocenters. The summed E-state index contributed by atoms with van der Waals surface area (Å²) in [6.07, 6.45) is 2.38. The standard InChI is InChI=1S/C18H18N4O2/c1-11-8-17(19-10-13-9-16(24-22-13)12-6-7-12)21-18(20-11)14-4-2-3-5-15(14)23/h2-5,8-9,12,23H,6-7,10H2,1H3,(H,19,20,21). The summed E-state index contributed by atoms with van der Waals surface area (Å²) in [4.78, 5) is 8.90. The third-order valence-electron chi connectivity index (χ3n) is 4.01. The first kappa shape index (κ1) is 14.7. The van der Waals surface area contributed by atoms with Gasteiger partial charge in [-0.2, -0.15) is 0 Å². The lowest BCUT2D eigenvalue weighted by Crippen LogP contribution is -2.04. The third kappa shape index (κ3) is 3.08. The number of nitrogens with one attached hydrogen (secondary N) is 1. The van der Waals surface area contributed by atoms with Gasteiger partial charge in [-0.05, 0) is 31.9 Å². The Balaban J connectivity index is 1.53. The molecule has 2 aromatic heterocycles. The van der Waals surface area contributed by atoms with Gasteiger partial charge in [0.2, 0.25) is 0 Å². The van der Waals surface area contributed by atoms with Crippen LogP contribution in [-0.2, 0) is 6.54 Å². The molecule has 0 bridgehead atoms. The van der Waals surface area contributed by atoms with Crippen LogP contribution in [0.2, 0.25) is 0 Å². The van der Waals surface area contributed by atoms with Gasteiger partial charge in [-0.15, -0.1) is 0 Å². The van der Waals surface area contributed by atoms with E-state index in [2.05, 4.69) is 20.4 Å². The monoisotopic (exact) mass is 322 g/mol. The number of phenols is 1. The topological polar surface area (TPSA) is 84.1 Å². The zero-order chi connectivity index (χ0) is 16.5. The van der Waals surface area contributed by atoms with Gasteiger partial charge in [0.05, 0.1) is 12.1 Å². The van der Waals surface area contributed by atoms with Crippen LogP contribution < -0.4 is 5.32 Å². The normalized spacial score (nSPS) is 13.9. The van der Waals surface area contributed by atoms with Gasteiger partial charge in [0, 0.05) is 23.7 Å². The molecule has 1 fully saturated rings. The van der Waals surface area contributed by atoms with Crippen LogP contribution in [0.4, 0.5) is 5.82 Å². The van der Waals surface area contributed by atoms with Crippen LogP contribution in [0.5, 0.6) is 5.75 Å². The van der Waals surface area contributed by atoms with Crippen LogP contribution in [0, 0.1) is 6.92 Å². The Morgan fingerprint density at radius 1 is 1.21 bits per heavy atom. The summed E-state index contributed by atoms with van der Waals surface area (Å²) in [5.41, 5.74) is 2.29. The van der Waals surface area contributed by atoms with Crippen LogP contribution >= 0.6 is 0 Å². The van der Waals surface area contributed by atoms with Crippen molar-refractivity contribution >= 4 is 5.82 Å². The predicted octanol–water partition coefficient (Wildman–Crippen LogP) is 3.64. The summed E-state index contributed by atoms with van der Waals surface area (Å²) in [7, 11) is 0. The van der Waals surface area contributed by atoms with Crippen molar-refractivity contribution in [2.75, 3.05) is 5.32 Å². The molecule has 1 aromatic carbocycles. The minimum absolute atomic E-state index is 0.166. The van der Waals surface area contributed by atoms with Gasteiger partial charge in [-0.1, -0.05) is 17.3 Å². The maximum Gasteiger partial charge on any atom is 0.165 e. The zero-order valence-corrected chi connectivity index (χ0v) is 13.4. The fraction of sp³-hybridized carbons (Fsp3) is 0.278. The summed E-state index contributed by atoms with van der Waals surface area (Å²) in [5, 5.41) is 17.3. The lowest BCUT2D eigenvalue weighted by molar-refractivity contribution is 0.379. The molecule has 0 amide bonds. The highest BCUT2D eigenvalue weighted by atomic mass is 16.5. The van der Waals surface area contributed by atoms with Gasteiger partial charge in [0.1, 0.15) is 23.0 Å². The average molecular weight is 322 g/mol. The molecule has 6 nitrogen and oxygen atoms in total. The number of aromatic nitrogens is 3. The van der Waals surface area contributed by atoms with Gasteiger partial charge >= 0.3 is 0 Å². The second-order valence-electron chi connectivity index (χ2n) is 6.08. The Bertz CT molecular complexity index is 871. The Hall–Kier alpha value is -2.89. The lowest BCUT2D eigenvalue weighted by atomic mass is 10.2. The number of nitrogens with zero attached hydrogens (tertiary/aromatic N) is 3. The lowest BCUT2D eigenvalue weighted by Gasteiger charge is -2.08. The SMILES string of the molecule is Cc1cc(NCc2cc(C3CC3)on2)nc(-c2ccccc2O)n1. The minimum Gasteiger partial charge on any atom is -0.507 e. The predicted molar refractivity (Wildman–Crippen MR) is 89.7 cm³/mol. The number of benzene rings is 1. The van der Waals surface area contributed by atoms with Gasteiger partial charge in [0.25, 0.3) is 0 Å². The van der Waals surface area contributed by atoms with Crippen molar-refractivity contribution in [1.29, 1.82) is 0 Å². The number of para-hydroxylation sites is 1. The highest BCUT2D eigenvalue weighted by Crippen LogP contribution is 2.40. The summed E-state index contributed by atoms with van der Waals surface area (Å²) in [5.74, 6) is 2.88. The Morgan fingerprint density at radius 3 is 2.83 bits per heavy atom. The Morgan fingerprint density at radius 2 is 2.04 bits per heavy atom. The summed E-state index contributed by atoms with van der Waals surface area (Å²) < 4.78 is 5.35. The van der Waals surface area contributed by atoms with E-state index in [4.69, 9.17) is 4.52 Å². The number of anilines is 1. The fourth-order valence-electron chi connectivity index (χ4n) is 2.60. The molecule has 1 aliphatic rings. The van der Waals surface area contributed by atoms with Crippen LogP contribution in [0.15, 0.2) is 40.9 Å². The molecule has 0 saturated heterocycles. The van der Waals surface area contributed by atoms with Crippen molar-refractivity contribution in [3.8, 4) is 17.1 Å². The molecule has 1 aliphatic carbocycles. The van der Waals surface area contributed by atoms with E-state index in [1.165, 1.54) is 12.8 Å². The molecule has 2 heterocycles. The summed E-state index contributed by atoms with van der Waals surface area (Å²) in [6, 6.07) is 10.9. The molecule has 2 N–H and O–H groups in total. The van der Waals surface area contributed by atoms with Crippen LogP contribution in [0.3, 0.4) is 0 Å². The average Bonchev–Trinajstić information content (AvgIpc) is 3.31. The van der Waals surface area contributed by atoms with Gasteiger partial charge in [0.15, 0.2) is 5.82 Å². The van der Waals surface area contributed by atoms with E-state index in [0.29, 0.717) is 29.7 Å². The molecule has 4 rings (SSSR count). The molecule has 122 valence electrons. The second-order valence-corrected chi connectivity index (χ2v) is 6.08. The highest BCUT2D eigenvalue weighted by Gasteiger charge is 2.27. The first-order valence-corrected chi connectivity index (χ1v) is 8.02. The van der Waals surface area contributed by atoms with E-state index >= 15 is 0 Å². The van der Waals surface area contributed by atoms with Crippen molar-refractivity contribution in [2.24, 2.45) is 0 Å². The maximum atomic E-state index is 9.99. The smallest absolute Gasteiger partial charge is 0.165 e. The molecular formula is C18H18N4O2. The number of rotatable bonds is 5. The van der Waals surface area contributed by atoms with E-state index in [9.17, 15) is 5.11 Å². The molecule has 0 spiro atoms. The minimum atomic E-state index is 0.166. The van der Waals surface area contributed by atoms with E-state index in [-0.39, 0.29) is 5.75 Å². The second kappa shape index (κ2) is 5.96. The number of aromatic hydroxyl groups is 1. The van der Waals surface area contributed by atoms with E-state index in [1.54, 1.807) is 18.2 Å². The molecule has 3 aromatic rings. The quantitative estimate of drug-likeness (QED) is 0.746. The Labute approximate surface area is 139 Å². The van der Waals surface area contributed by atoms with Crippen molar-refractivity contribution < 1.29 is 9.63 Å². The molecule has 1 saturated carbocycles. The molecular weight excluding hydrogens is 304 g/mol. The molecule has 24 heavy (non-hydrogen) atoms. The van der Waals surface area contributed by atoms with Crippen LogP contribution in [0.25, 0.3) is 11.4 Å². The van der Waals surface area contributed by atoms with Gasteiger partial charge < -0.3 is 14.9 Å². The van der Waals surface area contributed by atoms with Crippen LogP contribution in [0.1, 0.15) is 35.9 Å². The van der Waals surface area contributed by atoms with E-state index in [0.717, 1.165) is 17.1 Å². The molecule has 0 atom stereocenters. The van der Waals surface area contributed by atoms with Crippen molar-refractivity contribution in [1.82, 2.24) is 15.1 Å². The van der Waals surface area contributed by atoms with Crippen molar-refractivity contribution in [3.63, 3.8) is 0 Å². The van der Waals surface area contributed by atoms with E-state index in [1.807, 2.05) is 25.1 Å². The zero-order valence-electron chi connectivity index (χ0n) is 13.4. The fourth-order valence-corrected chi connectivity index (χ4v) is 2.60.